The minimum absolute atomic E-state index is 0.249. The van der Waals surface area contributed by atoms with Crippen LogP contribution in [0.3, 0.4) is 0 Å². The number of likely N-dealkylation sites (tertiary alicyclic amines) is 1. The third-order valence-electron chi connectivity index (χ3n) is 7.14. The smallest absolute Gasteiger partial charge is 0.269 e. The minimum Gasteiger partial charge on any atom is -0.383 e. The van der Waals surface area contributed by atoms with Crippen molar-refractivity contribution in [2.45, 2.75) is 39.2 Å². The average Bonchev–Trinajstić information content (AvgIpc) is 3.50. The van der Waals surface area contributed by atoms with Crippen molar-refractivity contribution in [3.05, 3.63) is 53.3 Å². The van der Waals surface area contributed by atoms with Crippen LogP contribution >= 0.6 is 0 Å². The van der Waals surface area contributed by atoms with E-state index >= 15 is 0 Å². The number of anilines is 2. The van der Waals surface area contributed by atoms with Crippen LogP contribution in [0, 0.1) is 12.8 Å². The van der Waals surface area contributed by atoms with Crippen LogP contribution < -0.4 is 15.5 Å². The molecule has 2 aliphatic rings. The van der Waals surface area contributed by atoms with Gasteiger partial charge in [-0.15, -0.1) is 0 Å². The Morgan fingerprint density at radius 2 is 2.00 bits per heavy atom. The second-order valence-electron chi connectivity index (χ2n) is 9.72. The maximum absolute atomic E-state index is 12.8. The molecule has 2 unspecified atom stereocenters. The first kappa shape index (κ1) is 25.1. The molecule has 0 saturated carbocycles. The fourth-order valence-electron chi connectivity index (χ4n) is 5.01. The predicted molar refractivity (Wildman–Crippen MR) is 138 cm³/mol. The van der Waals surface area contributed by atoms with Crippen molar-refractivity contribution >= 4 is 23.2 Å². The Labute approximate surface area is 208 Å². The summed E-state index contributed by atoms with van der Waals surface area (Å²) in [4.78, 5) is 34.1. The van der Waals surface area contributed by atoms with E-state index in [2.05, 4.69) is 44.5 Å². The van der Waals surface area contributed by atoms with Gasteiger partial charge in [0, 0.05) is 56.9 Å². The van der Waals surface area contributed by atoms with Crippen LogP contribution in [-0.2, 0) is 4.74 Å². The van der Waals surface area contributed by atoms with Crippen LogP contribution in [0.25, 0.3) is 0 Å². The van der Waals surface area contributed by atoms with Crippen molar-refractivity contribution in [1.29, 1.82) is 0 Å². The molecule has 1 aromatic carbocycles. The van der Waals surface area contributed by atoms with Gasteiger partial charge < -0.3 is 25.2 Å². The third-order valence-corrected chi connectivity index (χ3v) is 7.14. The second kappa shape index (κ2) is 11.6. The molecule has 2 saturated heterocycles. The Balaban J connectivity index is 1.31. The molecule has 2 atom stereocenters. The van der Waals surface area contributed by atoms with Crippen LogP contribution in [0.2, 0.25) is 0 Å². The quantitative estimate of drug-likeness (QED) is 0.537. The number of aromatic nitrogens is 1. The number of aryl methyl sites for hydroxylation is 1. The summed E-state index contributed by atoms with van der Waals surface area (Å²) in [5, 5.41) is 5.69. The van der Waals surface area contributed by atoms with E-state index in [0.717, 1.165) is 30.4 Å². The molecule has 2 amide bonds. The fourth-order valence-corrected chi connectivity index (χ4v) is 5.01. The molecule has 35 heavy (non-hydrogen) atoms. The number of pyridine rings is 1. The maximum Gasteiger partial charge on any atom is 0.269 e. The molecule has 2 N–H and O–H groups in total. The van der Waals surface area contributed by atoms with Crippen molar-refractivity contribution in [3.63, 3.8) is 0 Å². The summed E-state index contributed by atoms with van der Waals surface area (Å²) < 4.78 is 4.92. The highest BCUT2D eigenvalue weighted by Gasteiger charge is 2.28. The van der Waals surface area contributed by atoms with E-state index < -0.39 is 0 Å². The number of carbonyl (C=O) groups is 2. The normalized spacial score (nSPS) is 20.3. The first-order valence-corrected chi connectivity index (χ1v) is 12.6. The van der Waals surface area contributed by atoms with E-state index in [9.17, 15) is 9.59 Å². The van der Waals surface area contributed by atoms with Gasteiger partial charge in [0.2, 0.25) is 0 Å². The highest BCUT2D eigenvalue weighted by atomic mass is 16.5. The van der Waals surface area contributed by atoms with E-state index in [1.54, 1.807) is 19.2 Å². The lowest BCUT2D eigenvalue weighted by atomic mass is 10.1. The molecule has 0 bridgehead atoms. The average molecular weight is 480 g/mol. The maximum atomic E-state index is 12.8. The van der Waals surface area contributed by atoms with E-state index in [4.69, 9.17) is 4.74 Å². The lowest BCUT2D eigenvalue weighted by Gasteiger charge is -2.25. The van der Waals surface area contributed by atoms with Gasteiger partial charge in [0.25, 0.3) is 11.8 Å². The van der Waals surface area contributed by atoms with Gasteiger partial charge in [-0.25, -0.2) is 0 Å². The van der Waals surface area contributed by atoms with Crippen molar-refractivity contribution < 1.29 is 14.3 Å². The Morgan fingerprint density at radius 1 is 1.14 bits per heavy atom. The molecule has 2 fully saturated rings. The van der Waals surface area contributed by atoms with E-state index in [1.807, 2.05) is 13.0 Å². The zero-order valence-electron chi connectivity index (χ0n) is 21.0. The number of nitrogens with zero attached hydrogens (tertiary/aromatic N) is 3. The molecule has 3 heterocycles. The van der Waals surface area contributed by atoms with E-state index in [1.165, 1.54) is 44.2 Å². The number of rotatable bonds is 9. The first-order valence-electron chi connectivity index (χ1n) is 12.6. The lowest BCUT2D eigenvalue weighted by Crippen LogP contribution is -2.33. The topological polar surface area (TPSA) is 86.8 Å². The summed E-state index contributed by atoms with van der Waals surface area (Å²) >= 11 is 0. The zero-order chi connectivity index (χ0) is 24.8. The Kier molecular flexibility index (Phi) is 8.36. The van der Waals surface area contributed by atoms with Gasteiger partial charge in [-0.2, -0.15) is 0 Å². The first-order chi connectivity index (χ1) is 16.9. The summed E-state index contributed by atoms with van der Waals surface area (Å²) in [5.74, 6) is 0.174. The number of benzene rings is 1. The van der Waals surface area contributed by atoms with Gasteiger partial charge in [-0.05, 0) is 81.5 Å². The Bertz CT molecular complexity index is 1030. The van der Waals surface area contributed by atoms with Crippen molar-refractivity contribution in [1.82, 2.24) is 15.2 Å². The number of carbonyl (C=O) groups excluding carboxylic acids is 2. The third kappa shape index (κ3) is 6.38. The molecular weight excluding hydrogens is 442 g/mol. The van der Waals surface area contributed by atoms with Crippen LogP contribution in [0.4, 0.5) is 11.4 Å². The lowest BCUT2D eigenvalue weighted by molar-refractivity contribution is 0.0930. The Hall–Kier alpha value is -2.97. The monoisotopic (exact) mass is 479 g/mol. The minimum atomic E-state index is -0.292. The van der Waals surface area contributed by atoms with Gasteiger partial charge in [0.15, 0.2) is 0 Å². The molecule has 2 aromatic rings. The van der Waals surface area contributed by atoms with Gasteiger partial charge >= 0.3 is 0 Å². The fraction of sp³-hybridized carbons (Fsp3) is 0.519. The van der Waals surface area contributed by atoms with Crippen LogP contribution in [0.1, 0.15) is 52.6 Å². The van der Waals surface area contributed by atoms with Gasteiger partial charge in [-0.3, -0.25) is 14.6 Å². The summed E-state index contributed by atoms with van der Waals surface area (Å²) in [7, 11) is 1.57. The predicted octanol–water partition coefficient (Wildman–Crippen LogP) is 3.33. The molecule has 4 rings (SSSR count). The van der Waals surface area contributed by atoms with Crippen LogP contribution in [0.5, 0.6) is 0 Å². The number of methoxy groups -OCH3 is 1. The number of hydrogen-bond donors (Lipinski definition) is 2. The van der Waals surface area contributed by atoms with E-state index in [-0.39, 0.29) is 17.5 Å². The highest BCUT2D eigenvalue weighted by molar-refractivity contribution is 6.05. The highest BCUT2D eigenvalue weighted by Crippen LogP contribution is 2.29. The number of hydrogen-bond acceptors (Lipinski definition) is 6. The molecule has 0 radical (unpaired) electrons. The van der Waals surface area contributed by atoms with Gasteiger partial charge in [0.1, 0.15) is 5.69 Å². The summed E-state index contributed by atoms with van der Waals surface area (Å²) in [6.45, 7) is 9.81. The Morgan fingerprint density at radius 3 is 2.69 bits per heavy atom. The number of nitrogens with one attached hydrogen (secondary N) is 2. The van der Waals surface area contributed by atoms with Crippen molar-refractivity contribution in [2.75, 3.05) is 56.7 Å². The SMILES string of the molecule is COCCNC(=O)c1ccc(C(=O)Nc2ccc(N3CCC(CN4CCCC4C)C3)cc2C)cn1. The summed E-state index contributed by atoms with van der Waals surface area (Å²) in [5.41, 5.74) is 3.68. The summed E-state index contributed by atoms with van der Waals surface area (Å²) in [6.07, 6.45) is 5.31. The van der Waals surface area contributed by atoms with Crippen LogP contribution in [0.15, 0.2) is 36.5 Å². The second-order valence-corrected chi connectivity index (χ2v) is 9.72. The summed E-state index contributed by atoms with van der Waals surface area (Å²) in [6, 6.07) is 10.1. The molecule has 0 aliphatic carbocycles. The standard InChI is InChI=1S/C27H37N5O3/c1-19-15-23(32-13-10-21(18-32)17-31-12-4-5-20(31)2)7-9-24(19)30-26(33)22-6-8-25(29-16-22)27(34)28-11-14-35-3/h6-9,15-16,20-21H,4-5,10-14,17-18H2,1-3H3,(H,28,34)(H,30,33). The van der Waals surface area contributed by atoms with Gasteiger partial charge in [0.05, 0.1) is 12.2 Å². The number of ether oxygens (including phenoxy) is 1. The zero-order valence-corrected chi connectivity index (χ0v) is 21.0. The van der Waals surface area contributed by atoms with E-state index in [0.29, 0.717) is 24.6 Å². The van der Waals surface area contributed by atoms with Gasteiger partial charge in [-0.1, -0.05) is 0 Å². The van der Waals surface area contributed by atoms with Crippen molar-refractivity contribution in [3.8, 4) is 0 Å². The van der Waals surface area contributed by atoms with Crippen molar-refractivity contribution in [2.24, 2.45) is 5.92 Å². The molecule has 0 spiro atoms. The largest absolute Gasteiger partial charge is 0.383 e. The molecule has 2 aliphatic heterocycles. The number of amides is 2. The molecule has 1 aromatic heterocycles. The molecule has 8 heteroatoms. The molecular formula is C27H37N5O3. The molecule has 8 nitrogen and oxygen atoms in total. The van der Waals surface area contributed by atoms with Crippen LogP contribution in [-0.4, -0.2) is 74.2 Å². The molecule has 188 valence electrons.